The molecule has 4 aromatic rings. The normalized spacial score (nSPS) is 10.8. The lowest BCUT2D eigenvalue weighted by atomic mass is 10.0. The monoisotopic (exact) mass is 386 g/mol. The van der Waals surface area contributed by atoms with E-state index in [-0.39, 0.29) is 18.1 Å². The Balaban J connectivity index is 1.79. The van der Waals surface area contributed by atoms with E-state index in [9.17, 15) is 14.9 Å². The Bertz CT molecular complexity index is 1200. The van der Waals surface area contributed by atoms with Crippen molar-refractivity contribution in [2.24, 2.45) is 0 Å². The van der Waals surface area contributed by atoms with Crippen LogP contribution in [0, 0.1) is 17.0 Å². The van der Waals surface area contributed by atoms with Crippen LogP contribution in [0.1, 0.15) is 21.6 Å². The highest BCUT2D eigenvalue weighted by Crippen LogP contribution is 2.26. The van der Waals surface area contributed by atoms with Crippen molar-refractivity contribution in [3.8, 4) is 0 Å². The van der Waals surface area contributed by atoms with Crippen molar-refractivity contribution in [1.82, 2.24) is 9.38 Å². The van der Waals surface area contributed by atoms with E-state index in [1.165, 1.54) is 12.1 Å². The topological polar surface area (TPSA) is 80.8 Å². The molecule has 0 aliphatic carbocycles. The van der Waals surface area contributed by atoms with Crippen LogP contribution in [0.3, 0.4) is 0 Å². The third-order valence-electron chi connectivity index (χ3n) is 4.86. The molecule has 29 heavy (non-hydrogen) atoms. The van der Waals surface area contributed by atoms with Crippen molar-refractivity contribution in [1.29, 1.82) is 0 Å². The minimum atomic E-state index is -0.469. The molecule has 0 N–H and O–H groups in total. The molecule has 4 rings (SSSR count). The van der Waals surface area contributed by atoms with E-state index in [0.717, 1.165) is 11.3 Å². The zero-order valence-electron chi connectivity index (χ0n) is 15.7. The van der Waals surface area contributed by atoms with Gasteiger partial charge < -0.3 is 9.30 Å². The molecule has 0 aliphatic heterocycles. The van der Waals surface area contributed by atoms with Crippen LogP contribution in [0.5, 0.6) is 0 Å². The summed E-state index contributed by atoms with van der Waals surface area (Å²) in [5, 5.41) is 11.3. The number of pyridine rings is 1. The summed E-state index contributed by atoms with van der Waals surface area (Å²) in [6.45, 7) is 1.87. The Morgan fingerprint density at radius 1 is 1.07 bits per heavy atom. The zero-order chi connectivity index (χ0) is 20.4. The van der Waals surface area contributed by atoms with Gasteiger partial charge in [-0.1, -0.05) is 30.3 Å². The fraction of sp³-hybridized carbons (Fsp3) is 0.0909. The van der Waals surface area contributed by atoms with Crippen LogP contribution in [0.4, 0.5) is 11.4 Å². The summed E-state index contributed by atoms with van der Waals surface area (Å²) in [4.78, 5) is 30.3. The molecule has 0 atom stereocenters. The summed E-state index contributed by atoms with van der Waals surface area (Å²) in [6.07, 6.45) is 3.63. The van der Waals surface area contributed by atoms with Gasteiger partial charge in [0.05, 0.1) is 23.4 Å². The van der Waals surface area contributed by atoms with Gasteiger partial charge in [-0.05, 0) is 37.3 Å². The van der Waals surface area contributed by atoms with Crippen molar-refractivity contribution in [3.05, 3.63) is 106 Å². The van der Waals surface area contributed by atoms with Crippen molar-refractivity contribution in [3.63, 3.8) is 0 Å². The van der Waals surface area contributed by atoms with Crippen LogP contribution >= 0.6 is 0 Å². The second-order valence-corrected chi connectivity index (χ2v) is 6.61. The number of anilines is 1. The lowest BCUT2D eigenvalue weighted by Gasteiger charge is -2.23. The summed E-state index contributed by atoms with van der Waals surface area (Å²) in [5.41, 5.74) is 2.90. The van der Waals surface area contributed by atoms with Crippen LogP contribution in [-0.2, 0) is 6.54 Å². The SMILES string of the molecule is Cc1c(C(=O)N(Cc2cnc3ccccn23)c2ccccc2)cccc1[N+](=O)[O-]. The van der Waals surface area contributed by atoms with Crippen LogP contribution < -0.4 is 4.90 Å². The largest absolute Gasteiger partial charge is 0.302 e. The van der Waals surface area contributed by atoms with Crippen LogP contribution in [0.15, 0.2) is 79.1 Å². The maximum Gasteiger partial charge on any atom is 0.273 e. The molecular weight excluding hydrogens is 368 g/mol. The van der Waals surface area contributed by atoms with Crippen LogP contribution in [-0.4, -0.2) is 20.2 Å². The van der Waals surface area contributed by atoms with Crippen molar-refractivity contribution in [2.75, 3.05) is 4.90 Å². The van der Waals surface area contributed by atoms with E-state index in [4.69, 9.17) is 0 Å². The third kappa shape index (κ3) is 3.45. The summed E-state index contributed by atoms with van der Waals surface area (Å²) in [5.74, 6) is -0.303. The van der Waals surface area contributed by atoms with Crippen LogP contribution in [0.25, 0.3) is 5.65 Å². The Hall–Kier alpha value is -4.00. The fourth-order valence-electron chi connectivity index (χ4n) is 3.35. The average molecular weight is 386 g/mol. The second-order valence-electron chi connectivity index (χ2n) is 6.61. The predicted molar refractivity (Wildman–Crippen MR) is 110 cm³/mol. The standard InChI is InChI=1S/C22H18N4O3/c1-16-19(10-7-11-20(16)26(28)29)22(27)25(17-8-3-2-4-9-17)15-18-14-23-21-12-5-6-13-24(18)21/h2-14H,15H2,1H3. The first-order valence-corrected chi connectivity index (χ1v) is 9.08. The number of fused-ring (bicyclic) bond motifs is 1. The Morgan fingerprint density at radius 2 is 1.83 bits per heavy atom. The van der Waals surface area contributed by atoms with Gasteiger partial charge in [0, 0.05) is 29.1 Å². The first-order valence-electron chi connectivity index (χ1n) is 9.08. The molecule has 0 aliphatic rings. The number of amides is 1. The number of carbonyl (C=O) groups excluding carboxylic acids is 1. The maximum atomic E-state index is 13.5. The molecular formula is C22H18N4O3. The van der Waals surface area contributed by atoms with E-state index in [1.54, 1.807) is 24.1 Å². The number of nitro groups is 1. The summed E-state index contributed by atoms with van der Waals surface area (Å²) in [6, 6.07) is 19.5. The lowest BCUT2D eigenvalue weighted by Crippen LogP contribution is -2.31. The van der Waals surface area contributed by atoms with Crippen molar-refractivity contribution >= 4 is 22.9 Å². The number of hydrogen-bond donors (Lipinski definition) is 0. The molecule has 0 saturated carbocycles. The maximum absolute atomic E-state index is 13.5. The molecule has 0 spiro atoms. The molecule has 2 heterocycles. The zero-order valence-corrected chi connectivity index (χ0v) is 15.7. The van der Waals surface area contributed by atoms with Gasteiger partial charge >= 0.3 is 0 Å². The number of para-hydroxylation sites is 1. The molecule has 2 aromatic carbocycles. The summed E-state index contributed by atoms with van der Waals surface area (Å²) < 4.78 is 1.92. The van der Waals surface area contributed by atoms with E-state index in [2.05, 4.69) is 4.98 Å². The van der Waals surface area contributed by atoms with Gasteiger partial charge in [-0.15, -0.1) is 0 Å². The smallest absolute Gasteiger partial charge is 0.273 e. The van der Waals surface area contributed by atoms with E-state index >= 15 is 0 Å². The number of rotatable bonds is 5. The second kappa shape index (κ2) is 7.55. The van der Waals surface area contributed by atoms with Gasteiger partial charge in [0.2, 0.25) is 0 Å². The highest BCUT2D eigenvalue weighted by atomic mass is 16.6. The number of imidazole rings is 1. The molecule has 7 heteroatoms. The fourth-order valence-corrected chi connectivity index (χ4v) is 3.35. The summed E-state index contributed by atoms with van der Waals surface area (Å²) >= 11 is 0. The molecule has 144 valence electrons. The highest BCUT2D eigenvalue weighted by molar-refractivity contribution is 6.07. The molecule has 0 bridgehead atoms. The van der Waals surface area contributed by atoms with Gasteiger partial charge in [-0.2, -0.15) is 0 Å². The molecule has 0 radical (unpaired) electrons. The highest BCUT2D eigenvalue weighted by Gasteiger charge is 2.24. The van der Waals surface area contributed by atoms with Crippen molar-refractivity contribution < 1.29 is 9.72 Å². The van der Waals surface area contributed by atoms with Gasteiger partial charge in [-0.25, -0.2) is 4.98 Å². The first-order chi connectivity index (χ1) is 14.1. The Kier molecular flexibility index (Phi) is 4.78. The van der Waals surface area contributed by atoms with Gasteiger partial charge in [0.1, 0.15) is 5.65 Å². The lowest BCUT2D eigenvalue weighted by molar-refractivity contribution is -0.385. The van der Waals surface area contributed by atoms with Gasteiger partial charge in [0.25, 0.3) is 11.6 Å². The summed E-state index contributed by atoms with van der Waals surface area (Å²) in [7, 11) is 0. The molecule has 7 nitrogen and oxygen atoms in total. The number of aromatic nitrogens is 2. The average Bonchev–Trinajstić information content (AvgIpc) is 3.15. The van der Waals surface area contributed by atoms with Gasteiger partial charge in [0.15, 0.2) is 0 Å². The Labute approximate surface area is 167 Å². The molecule has 2 aromatic heterocycles. The number of hydrogen-bond acceptors (Lipinski definition) is 4. The minimum Gasteiger partial charge on any atom is -0.302 e. The first kappa shape index (κ1) is 18.4. The molecule has 0 saturated heterocycles. The predicted octanol–water partition coefficient (Wildman–Crippen LogP) is 4.40. The number of nitro benzene ring substituents is 1. The van der Waals surface area contributed by atoms with Gasteiger partial charge in [-0.3, -0.25) is 14.9 Å². The number of benzene rings is 2. The quantitative estimate of drug-likeness (QED) is 0.376. The van der Waals surface area contributed by atoms with E-state index in [1.807, 2.05) is 59.1 Å². The molecule has 1 amide bonds. The number of nitrogens with zero attached hydrogens (tertiary/aromatic N) is 4. The van der Waals surface area contributed by atoms with E-state index in [0.29, 0.717) is 16.8 Å². The third-order valence-corrected chi connectivity index (χ3v) is 4.86. The minimum absolute atomic E-state index is 0.0707. The molecule has 0 unspecified atom stereocenters. The van der Waals surface area contributed by atoms with Crippen molar-refractivity contribution in [2.45, 2.75) is 13.5 Å². The molecule has 0 fully saturated rings. The Morgan fingerprint density at radius 3 is 2.59 bits per heavy atom. The van der Waals surface area contributed by atoms with E-state index < -0.39 is 4.92 Å². The van der Waals surface area contributed by atoms with Crippen LogP contribution in [0.2, 0.25) is 0 Å². The number of carbonyl (C=O) groups is 1.